The van der Waals surface area contributed by atoms with Gasteiger partial charge in [0.2, 0.25) is 0 Å². The van der Waals surface area contributed by atoms with Crippen LogP contribution >= 0.6 is 0 Å². The van der Waals surface area contributed by atoms with Gasteiger partial charge in [-0.1, -0.05) is 25.0 Å². The van der Waals surface area contributed by atoms with Crippen molar-refractivity contribution in [3.05, 3.63) is 29.8 Å². The molecule has 0 aliphatic carbocycles. The van der Waals surface area contributed by atoms with Crippen LogP contribution in [0.1, 0.15) is 18.9 Å². The van der Waals surface area contributed by atoms with E-state index >= 15 is 0 Å². The Morgan fingerprint density at radius 1 is 1.22 bits per heavy atom. The van der Waals surface area contributed by atoms with Gasteiger partial charge >= 0.3 is 12.1 Å². The standard InChI is InChI=1S/C17H21NO5/c1-4-10-18(12-16(19)22-11-5-2)17(20)23-13-14-6-8-15(21-3)9-7-14/h1,6-9H,5,10-13H2,2-3H3. The molecule has 1 aromatic carbocycles. The first-order chi connectivity index (χ1) is 11.1. The van der Waals surface area contributed by atoms with E-state index in [4.69, 9.17) is 20.6 Å². The van der Waals surface area contributed by atoms with Gasteiger partial charge in [-0.2, -0.15) is 0 Å². The van der Waals surface area contributed by atoms with E-state index in [1.165, 1.54) is 0 Å². The predicted octanol–water partition coefficient (Wildman–Crippen LogP) is 2.22. The number of esters is 1. The average Bonchev–Trinajstić information content (AvgIpc) is 2.57. The Hall–Kier alpha value is -2.68. The smallest absolute Gasteiger partial charge is 0.411 e. The molecule has 1 rings (SSSR count). The molecule has 0 aliphatic rings. The molecule has 0 radical (unpaired) electrons. The first-order valence-corrected chi connectivity index (χ1v) is 7.24. The average molecular weight is 319 g/mol. The van der Waals surface area contributed by atoms with Gasteiger partial charge in [0.15, 0.2) is 0 Å². The minimum atomic E-state index is -0.660. The summed E-state index contributed by atoms with van der Waals surface area (Å²) >= 11 is 0. The van der Waals surface area contributed by atoms with E-state index in [0.29, 0.717) is 18.8 Å². The van der Waals surface area contributed by atoms with Crippen molar-refractivity contribution in [2.45, 2.75) is 20.0 Å². The largest absolute Gasteiger partial charge is 0.497 e. The molecule has 0 aromatic heterocycles. The molecule has 0 bridgehead atoms. The van der Waals surface area contributed by atoms with Gasteiger partial charge in [0.05, 0.1) is 20.3 Å². The number of hydrogen-bond acceptors (Lipinski definition) is 5. The van der Waals surface area contributed by atoms with Crippen molar-refractivity contribution in [2.24, 2.45) is 0 Å². The molecule has 0 aliphatic heterocycles. The number of benzene rings is 1. The predicted molar refractivity (Wildman–Crippen MR) is 84.8 cm³/mol. The summed E-state index contributed by atoms with van der Waals surface area (Å²) in [7, 11) is 1.57. The molecular formula is C17H21NO5. The quantitative estimate of drug-likeness (QED) is 0.543. The highest BCUT2D eigenvalue weighted by Crippen LogP contribution is 2.12. The van der Waals surface area contributed by atoms with Crippen LogP contribution in [0.2, 0.25) is 0 Å². The van der Waals surface area contributed by atoms with Crippen molar-refractivity contribution in [3.8, 4) is 18.1 Å². The van der Waals surface area contributed by atoms with Crippen molar-refractivity contribution in [2.75, 3.05) is 26.8 Å². The Morgan fingerprint density at radius 2 is 1.91 bits per heavy atom. The third kappa shape index (κ3) is 6.74. The molecule has 0 saturated heterocycles. The van der Waals surface area contributed by atoms with Gasteiger partial charge in [-0.05, 0) is 24.1 Å². The summed E-state index contributed by atoms with van der Waals surface area (Å²) in [4.78, 5) is 24.7. The fraction of sp³-hybridized carbons (Fsp3) is 0.412. The number of nitrogens with zero attached hydrogens (tertiary/aromatic N) is 1. The number of amides is 1. The molecule has 23 heavy (non-hydrogen) atoms. The lowest BCUT2D eigenvalue weighted by molar-refractivity contribution is -0.144. The molecule has 0 unspecified atom stereocenters. The van der Waals surface area contributed by atoms with Crippen LogP contribution in [0.4, 0.5) is 4.79 Å². The van der Waals surface area contributed by atoms with Gasteiger partial charge in [-0.3, -0.25) is 9.69 Å². The molecule has 0 atom stereocenters. The van der Waals surface area contributed by atoms with Crippen LogP contribution < -0.4 is 4.74 Å². The lowest BCUT2D eigenvalue weighted by Crippen LogP contribution is -2.37. The Balaban J connectivity index is 2.52. The van der Waals surface area contributed by atoms with E-state index in [9.17, 15) is 9.59 Å². The first kappa shape index (κ1) is 18.4. The Morgan fingerprint density at radius 3 is 2.48 bits per heavy atom. The number of methoxy groups -OCH3 is 1. The number of carbonyl (C=O) groups is 2. The fourth-order valence-corrected chi connectivity index (χ4v) is 1.67. The summed E-state index contributed by atoms with van der Waals surface area (Å²) in [6, 6.07) is 7.11. The highest BCUT2D eigenvalue weighted by Gasteiger charge is 2.18. The molecule has 0 N–H and O–H groups in total. The van der Waals surface area contributed by atoms with Gasteiger partial charge in [-0.25, -0.2) is 4.79 Å². The van der Waals surface area contributed by atoms with Crippen LogP contribution in [0, 0.1) is 12.3 Å². The van der Waals surface area contributed by atoms with Crippen LogP contribution in [0.15, 0.2) is 24.3 Å². The summed E-state index contributed by atoms with van der Waals surface area (Å²) < 4.78 is 15.2. The lowest BCUT2D eigenvalue weighted by atomic mass is 10.2. The van der Waals surface area contributed by atoms with Crippen LogP contribution in [-0.2, 0) is 20.9 Å². The molecule has 1 aromatic rings. The van der Waals surface area contributed by atoms with Gasteiger partial charge in [-0.15, -0.1) is 6.42 Å². The van der Waals surface area contributed by atoms with E-state index in [2.05, 4.69) is 5.92 Å². The zero-order valence-electron chi connectivity index (χ0n) is 13.4. The van der Waals surface area contributed by atoms with Crippen molar-refractivity contribution in [3.63, 3.8) is 0 Å². The second kappa shape index (κ2) is 10.1. The maximum absolute atomic E-state index is 12.0. The van der Waals surface area contributed by atoms with Crippen LogP contribution in [0.25, 0.3) is 0 Å². The number of ether oxygens (including phenoxy) is 3. The monoisotopic (exact) mass is 319 g/mol. The summed E-state index contributed by atoms with van der Waals surface area (Å²) in [5.41, 5.74) is 0.799. The maximum atomic E-state index is 12.0. The molecule has 124 valence electrons. The second-order valence-electron chi connectivity index (χ2n) is 4.68. The summed E-state index contributed by atoms with van der Waals surface area (Å²) in [6.45, 7) is 2.02. The van der Waals surface area contributed by atoms with Gasteiger partial charge in [0.1, 0.15) is 18.9 Å². The number of carbonyl (C=O) groups excluding carboxylic acids is 2. The van der Waals surface area contributed by atoms with Crippen LogP contribution in [0.3, 0.4) is 0 Å². The van der Waals surface area contributed by atoms with Gasteiger partial charge < -0.3 is 14.2 Å². The molecule has 0 heterocycles. The Labute approximate surface area is 136 Å². The lowest BCUT2D eigenvalue weighted by Gasteiger charge is -2.18. The molecular weight excluding hydrogens is 298 g/mol. The Bertz CT molecular complexity index is 547. The van der Waals surface area contributed by atoms with Gasteiger partial charge in [0.25, 0.3) is 0 Å². The summed E-state index contributed by atoms with van der Waals surface area (Å²) in [6.07, 6.45) is 5.27. The molecule has 1 amide bonds. The van der Waals surface area contributed by atoms with Crippen LogP contribution in [0.5, 0.6) is 5.75 Å². The minimum absolute atomic E-state index is 0.0251. The van der Waals surface area contributed by atoms with Crippen LogP contribution in [-0.4, -0.2) is 43.8 Å². The van der Waals surface area contributed by atoms with Gasteiger partial charge in [0, 0.05) is 0 Å². The topological polar surface area (TPSA) is 65.1 Å². The third-order valence-corrected chi connectivity index (χ3v) is 2.85. The second-order valence-corrected chi connectivity index (χ2v) is 4.68. The van der Waals surface area contributed by atoms with E-state index in [-0.39, 0.29) is 19.7 Å². The zero-order chi connectivity index (χ0) is 17.1. The third-order valence-electron chi connectivity index (χ3n) is 2.85. The summed E-state index contributed by atoms with van der Waals surface area (Å²) in [5.74, 6) is 2.53. The SMILES string of the molecule is C#CCN(CC(=O)OCCC)C(=O)OCc1ccc(OC)cc1. The van der Waals surface area contributed by atoms with Crippen molar-refractivity contribution >= 4 is 12.1 Å². The Kier molecular flexibility index (Phi) is 8.08. The normalized spacial score (nSPS) is 9.61. The number of rotatable bonds is 8. The molecule has 0 fully saturated rings. The van der Waals surface area contributed by atoms with Crippen molar-refractivity contribution in [1.29, 1.82) is 0 Å². The molecule has 6 heteroatoms. The first-order valence-electron chi connectivity index (χ1n) is 7.24. The fourth-order valence-electron chi connectivity index (χ4n) is 1.67. The highest BCUT2D eigenvalue weighted by atomic mass is 16.6. The van der Waals surface area contributed by atoms with E-state index < -0.39 is 12.1 Å². The summed E-state index contributed by atoms with van der Waals surface area (Å²) in [5, 5.41) is 0. The van der Waals surface area contributed by atoms with E-state index in [1.54, 1.807) is 31.4 Å². The minimum Gasteiger partial charge on any atom is -0.497 e. The van der Waals surface area contributed by atoms with E-state index in [1.807, 2.05) is 6.92 Å². The number of hydrogen-bond donors (Lipinski definition) is 0. The maximum Gasteiger partial charge on any atom is 0.411 e. The van der Waals surface area contributed by atoms with E-state index in [0.717, 1.165) is 10.5 Å². The highest BCUT2D eigenvalue weighted by molar-refractivity contribution is 5.78. The number of terminal acetylenes is 1. The molecule has 6 nitrogen and oxygen atoms in total. The van der Waals surface area contributed by atoms with Crippen molar-refractivity contribution < 1.29 is 23.8 Å². The molecule has 0 spiro atoms. The zero-order valence-corrected chi connectivity index (χ0v) is 13.4. The van der Waals surface area contributed by atoms with Crippen molar-refractivity contribution in [1.82, 2.24) is 4.90 Å². The molecule has 0 saturated carbocycles.